The third-order valence-corrected chi connectivity index (χ3v) is 2.85. The highest BCUT2D eigenvalue weighted by molar-refractivity contribution is 6.17. The first-order chi connectivity index (χ1) is 6.86. The van der Waals surface area contributed by atoms with Crippen LogP contribution in [-0.2, 0) is 4.74 Å². The van der Waals surface area contributed by atoms with Crippen LogP contribution < -0.4 is 0 Å². The molecule has 1 saturated heterocycles. The summed E-state index contributed by atoms with van der Waals surface area (Å²) in [6.07, 6.45) is 3.60. The fraction of sp³-hybridized carbons (Fsp3) is 1.00. The molecule has 1 fully saturated rings. The molecule has 1 aliphatic rings. The van der Waals surface area contributed by atoms with E-state index in [2.05, 4.69) is 4.90 Å². The van der Waals surface area contributed by atoms with Crippen LogP contribution in [0.15, 0.2) is 0 Å². The second-order valence-electron chi connectivity index (χ2n) is 3.68. The fourth-order valence-electron chi connectivity index (χ4n) is 1.80. The predicted molar refractivity (Wildman–Crippen MR) is 57.8 cm³/mol. The zero-order valence-electron chi connectivity index (χ0n) is 8.62. The van der Waals surface area contributed by atoms with Crippen molar-refractivity contribution in [2.75, 3.05) is 38.7 Å². The van der Waals surface area contributed by atoms with E-state index in [1.54, 1.807) is 0 Å². The highest BCUT2D eigenvalue weighted by Gasteiger charge is 2.18. The highest BCUT2D eigenvalue weighted by atomic mass is 35.5. The van der Waals surface area contributed by atoms with Gasteiger partial charge < -0.3 is 14.7 Å². The molecule has 1 heterocycles. The lowest BCUT2D eigenvalue weighted by atomic mass is 10.1. The Labute approximate surface area is 91.0 Å². The topological polar surface area (TPSA) is 32.7 Å². The number of alkyl halides is 1. The Balaban J connectivity index is 2.05. The average Bonchev–Trinajstić information content (AvgIpc) is 2.25. The van der Waals surface area contributed by atoms with Crippen LogP contribution in [0, 0.1) is 0 Å². The van der Waals surface area contributed by atoms with Crippen LogP contribution in [0.5, 0.6) is 0 Å². The van der Waals surface area contributed by atoms with E-state index in [0.717, 1.165) is 44.8 Å². The van der Waals surface area contributed by atoms with Gasteiger partial charge >= 0.3 is 0 Å². The van der Waals surface area contributed by atoms with Gasteiger partial charge in [-0.15, -0.1) is 11.6 Å². The molecule has 1 rings (SSSR count). The highest BCUT2D eigenvalue weighted by Crippen LogP contribution is 2.13. The van der Waals surface area contributed by atoms with Crippen LogP contribution in [0.4, 0.5) is 0 Å². The summed E-state index contributed by atoms with van der Waals surface area (Å²) in [5.41, 5.74) is 0. The van der Waals surface area contributed by atoms with Gasteiger partial charge in [0.2, 0.25) is 0 Å². The Morgan fingerprint density at radius 2 is 2.07 bits per heavy atom. The van der Waals surface area contributed by atoms with Crippen molar-refractivity contribution in [1.82, 2.24) is 4.90 Å². The van der Waals surface area contributed by atoms with E-state index in [1.807, 2.05) is 0 Å². The summed E-state index contributed by atoms with van der Waals surface area (Å²) in [7, 11) is 0. The molecular formula is C10H20ClNO2. The van der Waals surface area contributed by atoms with E-state index in [0.29, 0.717) is 12.7 Å². The molecule has 0 aromatic heterocycles. The molecule has 3 nitrogen and oxygen atoms in total. The largest absolute Gasteiger partial charge is 0.394 e. The summed E-state index contributed by atoms with van der Waals surface area (Å²) < 4.78 is 5.48. The van der Waals surface area contributed by atoms with Crippen LogP contribution in [0.25, 0.3) is 0 Å². The maximum atomic E-state index is 8.61. The van der Waals surface area contributed by atoms with Gasteiger partial charge in [0.15, 0.2) is 0 Å². The standard InChI is InChI=1S/C10H20ClNO2/c11-4-1-5-12-6-2-10(3-7-12)14-9-8-13/h10,13H,1-9H2. The summed E-state index contributed by atoms with van der Waals surface area (Å²) in [4.78, 5) is 2.43. The molecule has 1 N–H and O–H groups in total. The summed E-state index contributed by atoms with van der Waals surface area (Å²) in [6, 6.07) is 0. The number of aliphatic hydroxyl groups excluding tert-OH is 1. The van der Waals surface area contributed by atoms with Gasteiger partial charge in [0.25, 0.3) is 0 Å². The first kappa shape index (κ1) is 12.2. The summed E-state index contributed by atoms with van der Waals surface area (Å²) in [6.45, 7) is 3.93. The number of ether oxygens (including phenoxy) is 1. The molecule has 0 aromatic rings. The van der Waals surface area contributed by atoms with Crippen LogP contribution in [0.1, 0.15) is 19.3 Å². The molecule has 0 atom stereocenters. The first-order valence-electron chi connectivity index (χ1n) is 5.37. The third-order valence-electron chi connectivity index (χ3n) is 2.59. The van der Waals surface area contributed by atoms with E-state index in [1.165, 1.54) is 0 Å². The van der Waals surface area contributed by atoms with E-state index < -0.39 is 0 Å². The monoisotopic (exact) mass is 221 g/mol. The Kier molecular flexibility index (Phi) is 6.52. The van der Waals surface area contributed by atoms with Crippen LogP contribution in [-0.4, -0.2) is 54.8 Å². The third kappa shape index (κ3) is 4.60. The smallest absolute Gasteiger partial charge is 0.0701 e. The molecule has 0 amide bonds. The average molecular weight is 222 g/mol. The van der Waals surface area contributed by atoms with Gasteiger partial charge in [-0.2, -0.15) is 0 Å². The summed E-state index contributed by atoms with van der Waals surface area (Å²) >= 11 is 5.64. The maximum absolute atomic E-state index is 8.61. The van der Waals surface area contributed by atoms with Gasteiger partial charge in [0.1, 0.15) is 0 Å². The molecule has 0 saturated carbocycles. The van der Waals surface area contributed by atoms with Crippen LogP contribution >= 0.6 is 11.6 Å². The van der Waals surface area contributed by atoms with Crippen molar-refractivity contribution in [2.45, 2.75) is 25.4 Å². The molecule has 14 heavy (non-hydrogen) atoms. The van der Waals surface area contributed by atoms with E-state index in [9.17, 15) is 0 Å². The zero-order valence-corrected chi connectivity index (χ0v) is 9.38. The van der Waals surface area contributed by atoms with Crippen LogP contribution in [0.2, 0.25) is 0 Å². The second kappa shape index (κ2) is 7.46. The quantitative estimate of drug-likeness (QED) is 0.682. The summed E-state index contributed by atoms with van der Waals surface area (Å²) in [5.74, 6) is 0.751. The van der Waals surface area contributed by atoms with Crippen molar-refractivity contribution in [3.63, 3.8) is 0 Å². The predicted octanol–water partition coefficient (Wildman–Crippen LogP) is 1.09. The van der Waals surface area contributed by atoms with Crippen molar-refractivity contribution in [2.24, 2.45) is 0 Å². The maximum Gasteiger partial charge on any atom is 0.0701 e. The van der Waals surface area contributed by atoms with Gasteiger partial charge in [0.05, 0.1) is 19.3 Å². The number of rotatable bonds is 6. The normalized spacial score (nSPS) is 20.1. The molecule has 0 unspecified atom stereocenters. The molecule has 84 valence electrons. The minimum Gasteiger partial charge on any atom is -0.394 e. The van der Waals surface area contributed by atoms with Crippen molar-refractivity contribution < 1.29 is 9.84 Å². The second-order valence-corrected chi connectivity index (χ2v) is 4.06. The van der Waals surface area contributed by atoms with E-state index in [-0.39, 0.29) is 6.61 Å². The lowest BCUT2D eigenvalue weighted by Gasteiger charge is -2.31. The molecule has 0 radical (unpaired) electrons. The first-order valence-corrected chi connectivity index (χ1v) is 5.91. The fourth-order valence-corrected chi connectivity index (χ4v) is 1.92. The van der Waals surface area contributed by atoms with E-state index in [4.69, 9.17) is 21.4 Å². The molecule has 0 bridgehead atoms. The SMILES string of the molecule is OCCOC1CCN(CCCCl)CC1. The van der Waals surface area contributed by atoms with Crippen LogP contribution in [0.3, 0.4) is 0 Å². The molecule has 0 spiro atoms. The van der Waals surface area contributed by atoms with Gasteiger partial charge in [-0.3, -0.25) is 0 Å². The number of likely N-dealkylation sites (tertiary alicyclic amines) is 1. The van der Waals surface area contributed by atoms with E-state index >= 15 is 0 Å². The minimum atomic E-state index is 0.131. The molecule has 4 heteroatoms. The van der Waals surface area contributed by atoms with Gasteiger partial charge in [0, 0.05) is 19.0 Å². The molecular weight excluding hydrogens is 202 g/mol. The molecule has 1 aliphatic heterocycles. The molecule has 0 aromatic carbocycles. The number of nitrogens with zero attached hydrogens (tertiary/aromatic N) is 1. The van der Waals surface area contributed by atoms with Crippen molar-refractivity contribution in [3.05, 3.63) is 0 Å². The van der Waals surface area contributed by atoms with Crippen molar-refractivity contribution in [3.8, 4) is 0 Å². The Bertz CT molecular complexity index is 122. The number of hydrogen-bond donors (Lipinski definition) is 1. The minimum absolute atomic E-state index is 0.131. The Morgan fingerprint density at radius 3 is 2.64 bits per heavy atom. The number of halogens is 1. The lowest BCUT2D eigenvalue weighted by molar-refractivity contribution is -0.00759. The van der Waals surface area contributed by atoms with Gasteiger partial charge in [-0.1, -0.05) is 0 Å². The Morgan fingerprint density at radius 1 is 1.36 bits per heavy atom. The van der Waals surface area contributed by atoms with Crippen molar-refractivity contribution >= 4 is 11.6 Å². The summed E-state index contributed by atoms with van der Waals surface area (Å²) in [5, 5.41) is 8.61. The lowest BCUT2D eigenvalue weighted by Crippen LogP contribution is -2.37. The number of piperidine rings is 1. The number of hydrogen-bond acceptors (Lipinski definition) is 3. The van der Waals surface area contributed by atoms with Crippen molar-refractivity contribution in [1.29, 1.82) is 0 Å². The number of aliphatic hydroxyl groups is 1. The van der Waals surface area contributed by atoms with Gasteiger partial charge in [-0.25, -0.2) is 0 Å². The molecule has 0 aliphatic carbocycles. The zero-order chi connectivity index (χ0) is 10.2. The van der Waals surface area contributed by atoms with Gasteiger partial charge in [-0.05, 0) is 25.8 Å². The Hall–Kier alpha value is 0.170.